The number of hydrogen-bond donors (Lipinski definition) is 0. The van der Waals surface area contributed by atoms with Crippen LogP contribution in [-0.4, -0.2) is 48.5 Å². The van der Waals surface area contributed by atoms with E-state index in [-0.39, 0.29) is 0 Å². The Bertz CT molecular complexity index is 559. The summed E-state index contributed by atoms with van der Waals surface area (Å²) in [6.45, 7) is 0. The van der Waals surface area contributed by atoms with E-state index < -0.39 is 48.5 Å². The molecule has 2 unspecified atom stereocenters. The van der Waals surface area contributed by atoms with Crippen LogP contribution in [0.2, 0.25) is 0 Å². The molecule has 0 fully saturated rings. The summed E-state index contributed by atoms with van der Waals surface area (Å²) >= 11 is 0. The fraction of sp³-hybridized carbons (Fsp3) is 0.875. The molecule has 0 spiro atoms. The van der Waals surface area contributed by atoms with Gasteiger partial charge in [-0.05, 0) is 0 Å². The highest BCUT2D eigenvalue weighted by molar-refractivity contribution is 5.77. The molecular weight excluding hydrogens is 448 g/mol. The third-order valence-corrected chi connectivity index (χ3v) is 2.22. The predicted octanol–water partition coefficient (Wildman–Crippen LogP) is 4.72. The van der Waals surface area contributed by atoms with Crippen molar-refractivity contribution in [3.05, 3.63) is 0 Å². The summed E-state index contributed by atoms with van der Waals surface area (Å²) in [6, 6.07) is -4.74. The molecule has 0 radical (unpaired) electrons. The minimum absolute atomic E-state index is 1.24. The number of halogens is 16. The number of alkyl halides is 15. The van der Waals surface area contributed by atoms with Crippen LogP contribution in [0.25, 0.3) is 0 Å². The Morgan fingerprint density at radius 2 is 0.889 bits per heavy atom. The van der Waals surface area contributed by atoms with E-state index in [9.17, 15) is 75.0 Å². The van der Waals surface area contributed by atoms with Crippen LogP contribution < -0.4 is 0 Å². The molecule has 0 aliphatic heterocycles. The highest BCUT2D eigenvalue weighted by atomic mass is 19.4. The molecule has 0 aromatic heterocycles. The molecule has 0 aliphatic rings. The third-order valence-electron chi connectivity index (χ3n) is 2.22. The van der Waals surface area contributed by atoms with Gasteiger partial charge in [0.15, 0.2) is 0 Å². The molecule has 0 bridgehead atoms. The Morgan fingerprint density at radius 3 is 1.11 bits per heavy atom. The maximum Gasteiger partial charge on any atom is 0.483 e. The van der Waals surface area contributed by atoms with Crippen LogP contribution in [0.1, 0.15) is 0 Å². The molecule has 0 N–H and O–H groups in total. The van der Waals surface area contributed by atoms with Gasteiger partial charge in [-0.25, -0.2) is 4.74 Å². The number of carbonyl (C=O) groups is 1. The topological polar surface area (TPSA) is 35.5 Å². The SMILES string of the molecule is O=C(F)C(F)(OC(F)(C(F)(F)F)C(F)(F)OC(F)(F)C(F)(F)F)C(F)(F)F. The van der Waals surface area contributed by atoms with Crippen LogP contribution in [0.3, 0.4) is 0 Å². The maximum atomic E-state index is 13.4. The van der Waals surface area contributed by atoms with Crippen molar-refractivity contribution in [2.24, 2.45) is 0 Å². The van der Waals surface area contributed by atoms with Crippen molar-refractivity contribution in [2.45, 2.75) is 42.5 Å². The Balaban J connectivity index is 6.46. The van der Waals surface area contributed by atoms with Crippen molar-refractivity contribution in [1.82, 2.24) is 0 Å². The van der Waals surface area contributed by atoms with Gasteiger partial charge in [0.1, 0.15) is 0 Å². The number of hydrogen-bond acceptors (Lipinski definition) is 3. The van der Waals surface area contributed by atoms with Gasteiger partial charge in [-0.3, -0.25) is 9.53 Å². The van der Waals surface area contributed by atoms with E-state index in [0.717, 1.165) is 0 Å². The zero-order valence-corrected chi connectivity index (χ0v) is 11.3. The highest BCUT2D eigenvalue weighted by Crippen LogP contribution is 2.54. The number of rotatable bonds is 6. The zero-order chi connectivity index (χ0) is 22.5. The fourth-order valence-electron chi connectivity index (χ4n) is 0.970. The Hall–Kier alpha value is -1.53. The van der Waals surface area contributed by atoms with Gasteiger partial charge in [0, 0.05) is 0 Å². The highest BCUT2D eigenvalue weighted by Gasteiger charge is 2.83. The third kappa shape index (κ3) is 4.49. The lowest BCUT2D eigenvalue weighted by atomic mass is 10.2. The smallest absolute Gasteiger partial charge is 0.279 e. The Labute approximate surface area is 134 Å². The van der Waals surface area contributed by atoms with Gasteiger partial charge in [0.05, 0.1) is 0 Å². The number of ether oxygens (including phenoxy) is 2. The predicted molar refractivity (Wildman–Crippen MR) is 44.0 cm³/mol. The Morgan fingerprint density at radius 1 is 0.519 bits per heavy atom. The summed E-state index contributed by atoms with van der Waals surface area (Å²) in [5.41, 5.74) is 0. The minimum atomic E-state index is -7.86. The summed E-state index contributed by atoms with van der Waals surface area (Å²) in [6.07, 6.45) is -37.6. The summed E-state index contributed by atoms with van der Waals surface area (Å²) in [5, 5.41) is 0. The van der Waals surface area contributed by atoms with Gasteiger partial charge >= 0.3 is 48.5 Å². The molecule has 0 saturated heterocycles. The normalized spacial score (nSPS) is 19.4. The van der Waals surface area contributed by atoms with Crippen molar-refractivity contribution >= 4 is 6.04 Å². The minimum Gasteiger partial charge on any atom is -0.279 e. The molecule has 0 amide bonds. The second-order valence-corrected chi connectivity index (χ2v) is 4.20. The van der Waals surface area contributed by atoms with Gasteiger partial charge in [0.25, 0.3) is 0 Å². The molecule has 0 saturated carbocycles. The van der Waals surface area contributed by atoms with Crippen molar-refractivity contribution < 1.29 is 84.5 Å². The van der Waals surface area contributed by atoms with Gasteiger partial charge < -0.3 is 0 Å². The van der Waals surface area contributed by atoms with Crippen LogP contribution in [0, 0.1) is 0 Å². The van der Waals surface area contributed by atoms with Gasteiger partial charge in [-0.1, -0.05) is 0 Å². The molecule has 27 heavy (non-hydrogen) atoms. The van der Waals surface area contributed by atoms with Crippen LogP contribution in [0.5, 0.6) is 0 Å². The lowest BCUT2D eigenvalue weighted by Crippen LogP contribution is -2.67. The largest absolute Gasteiger partial charge is 0.483 e. The van der Waals surface area contributed by atoms with Crippen molar-refractivity contribution in [1.29, 1.82) is 0 Å². The molecule has 3 nitrogen and oxygen atoms in total. The van der Waals surface area contributed by atoms with Crippen molar-refractivity contribution in [2.75, 3.05) is 0 Å². The average molecular weight is 448 g/mol. The number of carbonyl (C=O) groups excluding carboxylic acids is 1. The van der Waals surface area contributed by atoms with Gasteiger partial charge in [-0.2, -0.15) is 70.2 Å². The van der Waals surface area contributed by atoms with E-state index in [1.165, 1.54) is 9.47 Å². The lowest BCUT2D eigenvalue weighted by molar-refractivity contribution is -0.543. The first-order chi connectivity index (χ1) is 11.4. The Kier molecular flexibility index (Phi) is 6.15. The van der Waals surface area contributed by atoms with E-state index in [1.807, 2.05) is 0 Å². The first-order valence-corrected chi connectivity index (χ1v) is 5.29. The molecule has 0 aromatic rings. The average Bonchev–Trinajstić information content (AvgIpc) is 2.32. The maximum absolute atomic E-state index is 13.4. The van der Waals surface area contributed by atoms with E-state index in [4.69, 9.17) is 0 Å². The van der Waals surface area contributed by atoms with Crippen LogP contribution in [-0.2, 0) is 14.3 Å². The van der Waals surface area contributed by atoms with E-state index in [2.05, 4.69) is 0 Å². The molecule has 0 aliphatic carbocycles. The first kappa shape index (κ1) is 25.5. The first-order valence-electron chi connectivity index (χ1n) is 5.29. The molecular formula is C8F16O3. The van der Waals surface area contributed by atoms with Crippen LogP contribution >= 0.6 is 0 Å². The van der Waals surface area contributed by atoms with E-state index in [0.29, 0.717) is 0 Å². The second-order valence-electron chi connectivity index (χ2n) is 4.20. The molecule has 0 heterocycles. The molecule has 162 valence electrons. The van der Waals surface area contributed by atoms with E-state index >= 15 is 0 Å². The zero-order valence-electron chi connectivity index (χ0n) is 11.3. The van der Waals surface area contributed by atoms with Crippen molar-refractivity contribution in [3.63, 3.8) is 0 Å². The fourth-order valence-corrected chi connectivity index (χ4v) is 0.970. The summed E-state index contributed by atoms with van der Waals surface area (Å²) < 4.78 is 200. The summed E-state index contributed by atoms with van der Waals surface area (Å²) in [7, 11) is 0. The van der Waals surface area contributed by atoms with Crippen LogP contribution in [0.4, 0.5) is 70.2 Å². The molecule has 19 heteroatoms. The standard InChI is InChI=1S/C8F16O3/c9-1(25)2(10,4(12,13)14)26-3(11,5(15,16)17)7(21,22)27-8(23,24)6(18,19)20. The quantitative estimate of drug-likeness (QED) is 0.436. The summed E-state index contributed by atoms with van der Waals surface area (Å²) in [5.74, 6) is -15.1. The monoisotopic (exact) mass is 448 g/mol. The van der Waals surface area contributed by atoms with Crippen molar-refractivity contribution in [3.8, 4) is 0 Å². The lowest BCUT2D eigenvalue weighted by Gasteiger charge is -2.38. The van der Waals surface area contributed by atoms with Gasteiger partial charge in [0.2, 0.25) is 0 Å². The molecule has 0 aromatic carbocycles. The van der Waals surface area contributed by atoms with Crippen LogP contribution in [0.15, 0.2) is 0 Å². The molecule has 0 rings (SSSR count). The van der Waals surface area contributed by atoms with E-state index in [1.54, 1.807) is 0 Å². The van der Waals surface area contributed by atoms with Gasteiger partial charge in [-0.15, -0.1) is 0 Å². The molecule has 2 atom stereocenters. The summed E-state index contributed by atoms with van der Waals surface area (Å²) in [4.78, 5) is 9.85. The second kappa shape index (κ2) is 6.52.